The van der Waals surface area contributed by atoms with E-state index in [0.717, 1.165) is 116 Å². The van der Waals surface area contributed by atoms with Crippen molar-refractivity contribution in [1.29, 1.82) is 0 Å². The Kier molecular flexibility index (Phi) is 71.2. The van der Waals surface area contributed by atoms with E-state index in [1.165, 1.54) is 231 Å². The van der Waals surface area contributed by atoms with Crippen molar-refractivity contribution in [2.75, 3.05) is 0 Å². The van der Waals surface area contributed by atoms with E-state index < -0.39 is 11.9 Å². The molecule has 0 spiro atoms. The minimum absolute atomic E-state index is 0. The Balaban J connectivity index is -0.00000140. The zero-order valence-electron chi connectivity index (χ0n) is 52.1. The second kappa shape index (κ2) is 68.8. The maximum Gasteiger partial charge on any atom is 2.00 e. The van der Waals surface area contributed by atoms with Gasteiger partial charge in [-0.1, -0.05) is 297 Å². The van der Waals surface area contributed by atoms with Crippen molar-refractivity contribution in [3.8, 4) is 0 Å². The van der Waals surface area contributed by atoms with Gasteiger partial charge in [0.25, 0.3) is 0 Å². The molecule has 0 aliphatic carbocycles. The van der Waals surface area contributed by atoms with E-state index in [2.05, 4.69) is 27.7 Å². The van der Waals surface area contributed by atoms with Crippen molar-refractivity contribution in [2.45, 2.75) is 412 Å². The Morgan fingerprint density at radius 2 is 0.403 bits per heavy atom. The molecule has 0 saturated carbocycles. The average Bonchev–Trinajstić information content (AvgIpc) is 3.40. The minimum Gasteiger partial charge on any atom is -0.550 e. The molecule has 0 rings (SSSR count). The standard InChI is InChI=1S/2C34H66O4.Zn/c2*1-3-5-7-9-10-11-12-13-14-15-20-23-27-31-34(37)38-32(28-24-8-6-4-2)29-25-21-18-16-17-19-22-26-30-33(35)36;/h2*32H,3-31H2,1-2H3,(H,35,36);/q;;+2/p-2. The second-order valence-electron chi connectivity index (χ2n) is 23.4. The Labute approximate surface area is 492 Å². The number of carbonyl (C=O) groups excluding carboxylic acids is 4. The normalized spacial score (nSPS) is 11.9. The van der Waals surface area contributed by atoms with Crippen LogP contribution in [0.2, 0.25) is 0 Å². The zero-order valence-corrected chi connectivity index (χ0v) is 55.1. The van der Waals surface area contributed by atoms with E-state index in [1.807, 2.05) is 0 Å². The van der Waals surface area contributed by atoms with Gasteiger partial charge in [0.15, 0.2) is 0 Å². The molecule has 452 valence electrons. The van der Waals surface area contributed by atoms with Gasteiger partial charge >= 0.3 is 31.4 Å². The molecular formula is C68H130O8Zn. The molecule has 0 aromatic carbocycles. The SMILES string of the molecule is CCCCCCCCCCCCCCCC(=O)OC(CCCCCC)CCCCCCCCCCC(=O)[O-].CCCCCCCCCCCCCCCC(=O)OC(CCCCCC)CCCCCCCCCCC(=O)[O-].[Zn+2]. The Bertz CT molecular complexity index is 1110. The molecule has 0 aromatic rings. The molecule has 0 saturated heterocycles. The number of carboxylic acid groups (broad SMARTS) is 2. The van der Waals surface area contributed by atoms with E-state index in [1.54, 1.807) is 0 Å². The first kappa shape index (κ1) is 79.7. The first-order valence-electron chi connectivity index (χ1n) is 34.0. The van der Waals surface area contributed by atoms with Crippen LogP contribution in [0.3, 0.4) is 0 Å². The van der Waals surface area contributed by atoms with Crippen LogP contribution in [-0.4, -0.2) is 36.1 Å². The Hall–Kier alpha value is -1.50. The molecule has 0 amide bonds. The van der Waals surface area contributed by atoms with Crippen molar-refractivity contribution in [3.63, 3.8) is 0 Å². The summed E-state index contributed by atoms with van der Waals surface area (Å²) in [5, 5.41) is 20.9. The molecule has 0 aliphatic rings. The molecule has 0 aromatic heterocycles. The molecule has 0 aliphatic heterocycles. The van der Waals surface area contributed by atoms with Crippen LogP contribution in [0.15, 0.2) is 0 Å². The molecule has 0 radical (unpaired) electrons. The monoisotopic (exact) mass is 1140 g/mol. The van der Waals surface area contributed by atoms with Gasteiger partial charge in [0.2, 0.25) is 0 Å². The van der Waals surface area contributed by atoms with Crippen LogP contribution in [-0.2, 0) is 48.1 Å². The summed E-state index contributed by atoms with van der Waals surface area (Å²) in [7, 11) is 0. The van der Waals surface area contributed by atoms with Gasteiger partial charge in [-0.05, 0) is 89.9 Å². The van der Waals surface area contributed by atoms with Crippen LogP contribution < -0.4 is 10.2 Å². The predicted molar refractivity (Wildman–Crippen MR) is 320 cm³/mol. The van der Waals surface area contributed by atoms with Crippen molar-refractivity contribution < 1.29 is 58.3 Å². The van der Waals surface area contributed by atoms with Crippen molar-refractivity contribution in [2.24, 2.45) is 0 Å². The topological polar surface area (TPSA) is 133 Å². The van der Waals surface area contributed by atoms with Gasteiger partial charge in [-0.3, -0.25) is 9.59 Å². The summed E-state index contributed by atoms with van der Waals surface area (Å²) in [5.41, 5.74) is 0. The third-order valence-corrected chi connectivity index (χ3v) is 15.6. The van der Waals surface area contributed by atoms with Gasteiger partial charge in [0, 0.05) is 24.8 Å². The Morgan fingerprint density at radius 1 is 0.247 bits per heavy atom. The molecule has 2 unspecified atom stereocenters. The predicted octanol–water partition coefficient (Wildman–Crippen LogP) is 20.0. The van der Waals surface area contributed by atoms with E-state index >= 15 is 0 Å². The first-order chi connectivity index (χ1) is 37.2. The number of hydrogen-bond acceptors (Lipinski definition) is 8. The number of hydrogen-bond donors (Lipinski definition) is 0. The summed E-state index contributed by atoms with van der Waals surface area (Å²) < 4.78 is 11.9. The summed E-state index contributed by atoms with van der Waals surface area (Å²) in [4.78, 5) is 45.8. The third-order valence-electron chi connectivity index (χ3n) is 15.6. The molecular weight excluding hydrogens is 1010 g/mol. The van der Waals surface area contributed by atoms with E-state index in [4.69, 9.17) is 9.47 Å². The summed E-state index contributed by atoms with van der Waals surface area (Å²) in [5.74, 6) is -1.83. The summed E-state index contributed by atoms with van der Waals surface area (Å²) in [6, 6.07) is 0. The van der Waals surface area contributed by atoms with Crippen LogP contribution in [0.5, 0.6) is 0 Å². The molecule has 0 heterocycles. The van der Waals surface area contributed by atoms with E-state index in [0.29, 0.717) is 12.8 Å². The van der Waals surface area contributed by atoms with Gasteiger partial charge < -0.3 is 29.3 Å². The third kappa shape index (κ3) is 70.6. The smallest absolute Gasteiger partial charge is 0.550 e. The van der Waals surface area contributed by atoms with Crippen LogP contribution in [0.1, 0.15) is 400 Å². The number of esters is 2. The Morgan fingerprint density at radius 3 is 0.597 bits per heavy atom. The number of unbranched alkanes of at least 4 members (excludes halogenated alkanes) is 44. The summed E-state index contributed by atoms with van der Waals surface area (Å²) in [6.45, 7) is 9.02. The molecule has 2 atom stereocenters. The van der Waals surface area contributed by atoms with Crippen molar-refractivity contribution >= 4 is 23.9 Å². The molecule has 0 bridgehead atoms. The number of aliphatic carboxylic acids is 2. The molecule has 9 heteroatoms. The second-order valence-corrected chi connectivity index (χ2v) is 23.4. The minimum atomic E-state index is -0.931. The number of carboxylic acids is 2. The van der Waals surface area contributed by atoms with Crippen molar-refractivity contribution in [3.05, 3.63) is 0 Å². The fourth-order valence-corrected chi connectivity index (χ4v) is 10.6. The number of rotatable bonds is 62. The zero-order chi connectivity index (χ0) is 55.9. The van der Waals surface area contributed by atoms with Crippen LogP contribution in [0.4, 0.5) is 0 Å². The van der Waals surface area contributed by atoms with Gasteiger partial charge in [-0.25, -0.2) is 0 Å². The number of ether oxygens (including phenoxy) is 2. The summed E-state index contributed by atoms with van der Waals surface area (Å²) in [6.07, 6.45) is 67.5. The molecule has 0 fully saturated rings. The van der Waals surface area contributed by atoms with Crippen LogP contribution >= 0.6 is 0 Å². The maximum atomic E-state index is 12.5. The van der Waals surface area contributed by atoms with Crippen molar-refractivity contribution in [1.82, 2.24) is 0 Å². The maximum absolute atomic E-state index is 12.5. The first-order valence-corrected chi connectivity index (χ1v) is 34.0. The molecule has 0 N–H and O–H groups in total. The quantitative estimate of drug-likeness (QED) is 0.0334. The van der Waals surface area contributed by atoms with Gasteiger partial charge in [-0.2, -0.15) is 0 Å². The van der Waals surface area contributed by atoms with Crippen LogP contribution in [0, 0.1) is 0 Å². The summed E-state index contributed by atoms with van der Waals surface area (Å²) >= 11 is 0. The molecule has 8 nitrogen and oxygen atoms in total. The largest absolute Gasteiger partial charge is 2.00 e. The average molecular weight is 1140 g/mol. The molecule has 77 heavy (non-hydrogen) atoms. The van der Waals surface area contributed by atoms with Gasteiger partial charge in [-0.15, -0.1) is 0 Å². The van der Waals surface area contributed by atoms with E-state index in [-0.39, 0.29) is 56.5 Å². The fourth-order valence-electron chi connectivity index (χ4n) is 10.6. The van der Waals surface area contributed by atoms with Gasteiger partial charge in [0.05, 0.1) is 0 Å². The van der Waals surface area contributed by atoms with Crippen LogP contribution in [0.25, 0.3) is 0 Å². The van der Waals surface area contributed by atoms with E-state index in [9.17, 15) is 29.4 Å². The van der Waals surface area contributed by atoms with Gasteiger partial charge in [0.1, 0.15) is 12.2 Å². The fraction of sp³-hybridized carbons (Fsp3) is 0.941. The number of carbonyl (C=O) groups is 4.